The molecule has 86 valence electrons. The van der Waals surface area contributed by atoms with Crippen LogP contribution in [0.4, 0.5) is 13.2 Å². The van der Waals surface area contributed by atoms with Crippen molar-refractivity contribution in [2.75, 3.05) is 6.54 Å². The second kappa shape index (κ2) is 4.37. The number of halogens is 3. The topological polar surface area (TPSA) is 52.0 Å². The Balaban J connectivity index is 2.83. The minimum Gasteiger partial charge on any atom is -0.327 e. The highest BCUT2D eigenvalue weighted by molar-refractivity contribution is 5.32. The monoisotopic (exact) mass is 220 g/mol. The fourth-order valence-electron chi connectivity index (χ4n) is 1.68. The van der Waals surface area contributed by atoms with Crippen LogP contribution in [0, 0.1) is 5.92 Å². The van der Waals surface area contributed by atoms with Gasteiger partial charge < -0.3 is 11.5 Å². The molecule has 0 aromatic carbocycles. The van der Waals surface area contributed by atoms with Gasteiger partial charge in [-0.15, -0.1) is 0 Å². The second-order valence-corrected chi connectivity index (χ2v) is 3.79. The third kappa shape index (κ3) is 3.07. The highest BCUT2D eigenvalue weighted by Crippen LogP contribution is 2.33. The highest BCUT2D eigenvalue weighted by Gasteiger charge is 2.33. The van der Waals surface area contributed by atoms with Crippen molar-refractivity contribution in [1.82, 2.24) is 0 Å². The molecule has 0 radical (unpaired) electrons. The van der Waals surface area contributed by atoms with Gasteiger partial charge in [0.2, 0.25) is 0 Å². The van der Waals surface area contributed by atoms with Gasteiger partial charge in [0.1, 0.15) is 0 Å². The van der Waals surface area contributed by atoms with Crippen LogP contribution in [0.25, 0.3) is 0 Å². The van der Waals surface area contributed by atoms with Crippen molar-refractivity contribution in [1.29, 1.82) is 0 Å². The van der Waals surface area contributed by atoms with Crippen LogP contribution in [0.1, 0.15) is 13.3 Å². The van der Waals surface area contributed by atoms with E-state index in [1.807, 2.05) is 0 Å². The van der Waals surface area contributed by atoms with Crippen LogP contribution < -0.4 is 11.5 Å². The van der Waals surface area contributed by atoms with E-state index in [9.17, 15) is 13.2 Å². The molecular formula is C10H15F3N2. The van der Waals surface area contributed by atoms with E-state index in [1.165, 1.54) is 6.08 Å². The lowest BCUT2D eigenvalue weighted by Gasteiger charge is -2.28. The SMILES string of the molecule is CC1C(CC(F)(F)F)=CC=C(CN)C1N. The maximum Gasteiger partial charge on any atom is 0.392 e. The normalized spacial score (nSPS) is 27.3. The maximum atomic E-state index is 12.2. The van der Waals surface area contributed by atoms with Gasteiger partial charge in [0.15, 0.2) is 0 Å². The number of alkyl halides is 3. The van der Waals surface area contributed by atoms with Gasteiger partial charge in [-0.1, -0.05) is 24.6 Å². The summed E-state index contributed by atoms with van der Waals surface area (Å²) in [5.74, 6) is -0.296. The Kier molecular flexibility index (Phi) is 3.57. The second-order valence-electron chi connectivity index (χ2n) is 3.79. The van der Waals surface area contributed by atoms with E-state index in [2.05, 4.69) is 0 Å². The van der Waals surface area contributed by atoms with Crippen molar-refractivity contribution < 1.29 is 13.2 Å². The molecule has 15 heavy (non-hydrogen) atoms. The van der Waals surface area contributed by atoms with E-state index in [-0.39, 0.29) is 5.92 Å². The van der Waals surface area contributed by atoms with Crippen molar-refractivity contribution >= 4 is 0 Å². The Bertz CT molecular complexity index is 292. The first-order chi connectivity index (χ1) is 6.85. The van der Waals surface area contributed by atoms with Gasteiger partial charge in [0.05, 0.1) is 6.42 Å². The lowest BCUT2D eigenvalue weighted by molar-refractivity contribution is -0.128. The molecule has 4 N–H and O–H groups in total. The van der Waals surface area contributed by atoms with E-state index >= 15 is 0 Å². The summed E-state index contributed by atoms with van der Waals surface area (Å²) in [5, 5.41) is 0. The predicted molar refractivity (Wildman–Crippen MR) is 53.0 cm³/mol. The molecule has 1 aliphatic rings. The summed E-state index contributed by atoms with van der Waals surface area (Å²) in [4.78, 5) is 0. The zero-order valence-corrected chi connectivity index (χ0v) is 8.51. The molecule has 2 unspecified atom stereocenters. The molecule has 0 heterocycles. The van der Waals surface area contributed by atoms with Crippen LogP contribution >= 0.6 is 0 Å². The first kappa shape index (κ1) is 12.3. The number of allylic oxidation sites excluding steroid dienone is 2. The quantitative estimate of drug-likeness (QED) is 0.744. The number of nitrogens with two attached hydrogens (primary N) is 2. The van der Waals surface area contributed by atoms with Gasteiger partial charge >= 0.3 is 6.18 Å². The zero-order valence-electron chi connectivity index (χ0n) is 8.51. The van der Waals surface area contributed by atoms with Gasteiger partial charge in [-0.2, -0.15) is 13.2 Å². The van der Waals surface area contributed by atoms with Crippen LogP contribution in [0.2, 0.25) is 0 Å². The largest absolute Gasteiger partial charge is 0.392 e. The molecule has 0 aliphatic heterocycles. The molecule has 0 aromatic rings. The minimum atomic E-state index is -4.17. The minimum absolute atomic E-state index is 0.293. The summed E-state index contributed by atoms with van der Waals surface area (Å²) in [6.07, 6.45) is -1.97. The Morgan fingerprint density at radius 2 is 1.80 bits per heavy atom. The molecule has 2 nitrogen and oxygen atoms in total. The Hall–Kier alpha value is -0.810. The Labute approximate surface area is 86.8 Å². The molecule has 0 amide bonds. The van der Waals surface area contributed by atoms with Crippen molar-refractivity contribution in [3.8, 4) is 0 Å². The fraction of sp³-hybridized carbons (Fsp3) is 0.600. The lowest BCUT2D eigenvalue weighted by atomic mass is 9.83. The number of hydrogen-bond acceptors (Lipinski definition) is 2. The zero-order chi connectivity index (χ0) is 11.6. The molecule has 1 aliphatic carbocycles. The molecular weight excluding hydrogens is 205 g/mol. The molecule has 0 aromatic heterocycles. The summed E-state index contributed by atoms with van der Waals surface area (Å²) < 4.78 is 36.6. The molecule has 1 rings (SSSR count). The molecule has 5 heteroatoms. The van der Waals surface area contributed by atoms with Crippen LogP contribution in [0.3, 0.4) is 0 Å². The number of rotatable bonds is 2. The van der Waals surface area contributed by atoms with E-state index in [0.717, 1.165) is 5.57 Å². The van der Waals surface area contributed by atoms with E-state index < -0.39 is 18.6 Å². The summed E-state index contributed by atoms with van der Waals surface area (Å²) in [6, 6.07) is -0.391. The maximum absolute atomic E-state index is 12.2. The molecule has 2 atom stereocenters. The van der Waals surface area contributed by atoms with Crippen LogP contribution in [-0.4, -0.2) is 18.8 Å². The van der Waals surface area contributed by atoms with Crippen molar-refractivity contribution in [3.05, 3.63) is 23.3 Å². The molecule has 0 fully saturated rings. The van der Waals surface area contributed by atoms with Crippen molar-refractivity contribution in [3.63, 3.8) is 0 Å². The lowest BCUT2D eigenvalue weighted by Crippen LogP contribution is -2.37. The van der Waals surface area contributed by atoms with E-state index in [4.69, 9.17) is 11.5 Å². The number of hydrogen-bond donors (Lipinski definition) is 2. The molecule has 0 spiro atoms. The van der Waals surface area contributed by atoms with Crippen LogP contribution in [-0.2, 0) is 0 Å². The first-order valence-corrected chi connectivity index (χ1v) is 4.77. The standard InChI is InChI=1S/C10H15F3N2/c1-6-7(4-10(11,12)13)2-3-8(5-14)9(6)15/h2-3,6,9H,4-5,14-15H2,1H3. The predicted octanol–water partition coefficient (Wildman–Crippen LogP) is 1.73. The molecule has 0 saturated heterocycles. The third-order valence-corrected chi connectivity index (χ3v) is 2.70. The highest BCUT2D eigenvalue weighted by atomic mass is 19.4. The Morgan fingerprint density at radius 3 is 2.27 bits per heavy atom. The van der Waals surface area contributed by atoms with Crippen molar-refractivity contribution in [2.45, 2.75) is 25.6 Å². The van der Waals surface area contributed by atoms with Crippen molar-refractivity contribution in [2.24, 2.45) is 17.4 Å². The third-order valence-electron chi connectivity index (χ3n) is 2.70. The van der Waals surface area contributed by atoms with Gasteiger partial charge in [-0.05, 0) is 11.5 Å². The van der Waals surface area contributed by atoms with Gasteiger partial charge in [-0.3, -0.25) is 0 Å². The van der Waals surface area contributed by atoms with Gasteiger partial charge in [0, 0.05) is 12.6 Å². The summed E-state index contributed by atoms with van der Waals surface area (Å²) in [5.41, 5.74) is 12.3. The molecule has 0 bridgehead atoms. The summed E-state index contributed by atoms with van der Waals surface area (Å²) in [6.45, 7) is 1.99. The first-order valence-electron chi connectivity index (χ1n) is 4.77. The van der Waals surface area contributed by atoms with Crippen LogP contribution in [0.5, 0.6) is 0 Å². The van der Waals surface area contributed by atoms with Gasteiger partial charge in [0.25, 0.3) is 0 Å². The van der Waals surface area contributed by atoms with E-state index in [0.29, 0.717) is 12.1 Å². The van der Waals surface area contributed by atoms with Gasteiger partial charge in [-0.25, -0.2) is 0 Å². The van der Waals surface area contributed by atoms with E-state index in [1.54, 1.807) is 13.0 Å². The molecule has 0 saturated carbocycles. The summed E-state index contributed by atoms with van der Waals surface area (Å²) >= 11 is 0. The fourth-order valence-corrected chi connectivity index (χ4v) is 1.68. The van der Waals surface area contributed by atoms with Crippen LogP contribution in [0.15, 0.2) is 23.3 Å². The average molecular weight is 220 g/mol. The Morgan fingerprint density at radius 1 is 1.27 bits per heavy atom. The average Bonchev–Trinajstić information content (AvgIpc) is 2.11. The smallest absolute Gasteiger partial charge is 0.327 e. The summed E-state index contributed by atoms with van der Waals surface area (Å²) in [7, 11) is 0.